The van der Waals surface area contributed by atoms with E-state index in [1.807, 2.05) is 21.6 Å². The highest BCUT2D eigenvalue weighted by molar-refractivity contribution is 6.30. The minimum Gasteiger partial charge on any atom is -0.340 e. The molecule has 0 atom stereocenters. The van der Waals surface area contributed by atoms with Crippen LogP contribution in [0.2, 0.25) is 5.02 Å². The summed E-state index contributed by atoms with van der Waals surface area (Å²) in [5.74, 6) is -0.140. The Morgan fingerprint density at radius 1 is 1.09 bits per heavy atom. The monoisotopic (exact) mass is 511 g/mol. The van der Waals surface area contributed by atoms with E-state index in [9.17, 15) is 22.4 Å². The van der Waals surface area contributed by atoms with Gasteiger partial charge in [0, 0.05) is 36.6 Å². The molecule has 2 aromatic rings. The fourth-order valence-electron chi connectivity index (χ4n) is 5.67. The van der Waals surface area contributed by atoms with E-state index in [0.717, 1.165) is 17.1 Å². The second-order valence-electron chi connectivity index (χ2n) is 10.4. The van der Waals surface area contributed by atoms with Crippen molar-refractivity contribution >= 4 is 17.5 Å². The van der Waals surface area contributed by atoms with Gasteiger partial charge in [-0.25, -0.2) is 4.39 Å². The zero-order valence-corrected chi connectivity index (χ0v) is 19.8. The summed E-state index contributed by atoms with van der Waals surface area (Å²) in [4.78, 5) is 16.1. The highest BCUT2D eigenvalue weighted by Crippen LogP contribution is 2.45. The van der Waals surface area contributed by atoms with E-state index in [1.54, 1.807) is 11.0 Å². The molecule has 1 saturated heterocycles. The Balaban J connectivity index is 1.25. The van der Waals surface area contributed by atoms with Crippen LogP contribution in [-0.2, 0) is 17.9 Å². The van der Waals surface area contributed by atoms with E-state index < -0.39 is 23.7 Å². The molecule has 11 heteroatoms. The largest absolute Gasteiger partial charge is 0.391 e. The van der Waals surface area contributed by atoms with Gasteiger partial charge in [-0.2, -0.15) is 13.2 Å². The van der Waals surface area contributed by atoms with Crippen molar-refractivity contribution in [1.29, 1.82) is 0 Å². The van der Waals surface area contributed by atoms with Crippen LogP contribution < -0.4 is 0 Å². The molecule has 6 nitrogen and oxygen atoms in total. The third-order valence-corrected chi connectivity index (χ3v) is 8.30. The molecule has 3 heterocycles. The SMILES string of the molecule is O=C(N1CCC(c2nnc3n2-c2ccc(Cl)cc2CN(C2CC(C(F)(F)F)C2)C3)CC1)C1(F)CC1. The zero-order valence-electron chi connectivity index (χ0n) is 19.1. The van der Waals surface area contributed by atoms with E-state index in [0.29, 0.717) is 62.7 Å². The number of piperidine rings is 1. The Bertz CT molecular complexity index is 1150. The molecule has 6 rings (SSSR count). The average Bonchev–Trinajstić information content (AvgIpc) is 3.43. The normalized spacial score (nSPS) is 26.5. The van der Waals surface area contributed by atoms with Gasteiger partial charge in [-0.15, -0.1) is 10.2 Å². The Kier molecular flexibility index (Phi) is 5.41. The fraction of sp³-hybridized carbons (Fsp3) is 0.625. The number of fused-ring (bicyclic) bond motifs is 3. The van der Waals surface area contributed by atoms with Gasteiger partial charge in [0.1, 0.15) is 5.82 Å². The van der Waals surface area contributed by atoms with Gasteiger partial charge < -0.3 is 4.90 Å². The molecule has 0 N–H and O–H groups in total. The number of hydrogen-bond acceptors (Lipinski definition) is 4. The van der Waals surface area contributed by atoms with E-state index in [-0.39, 0.29) is 24.8 Å². The molecule has 0 spiro atoms. The molecule has 188 valence electrons. The first-order chi connectivity index (χ1) is 16.6. The van der Waals surface area contributed by atoms with Crippen LogP contribution in [0.3, 0.4) is 0 Å². The van der Waals surface area contributed by atoms with Crippen LogP contribution in [0.4, 0.5) is 17.6 Å². The summed E-state index contributed by atoms with van der Waals surface area (Å²) < 4.78 is 55.6. The molecular formula is C24H26ClF4N5O. The van der Waals surface area contributed by atoms with Crippen LogP contribution in [0.1, 0.15) is 61.7 Å². The predicted octanol–water partition coefficient (Wildman–Crippen LogP) is 4.79. The first-order valence-electron chi connectivity index (χ1n) is 12.1. The first-order valence-corrected chi connectivity index (χ1v) is 12.5. The molecule has 35 heavy (non-hydrogen) atoms. The molecule has 0 radical (unpaired) electrons. The second-order valence-corrected chi connectivity index (χ2v) is 10.8. The molecular weight excluding hydrogens is 486 g/mol. The Morgan fingerprint density at radius 3 is 2.46 bits per heavy atom. The maximum atomic E-state index is 14.2. The fourth-order valence-corrected chi connectivity index (χ4v) is 5.87. The molecule has 1 amide bonds. The molecule has 4 aliphatic rings. The number of carbonyl (C=O) groups excluding carboxylic acids is 1. The Hall–Kier alpha value is -2.20. The van der Waals surface area contributed by atoms with Crippen LogP contribution in [0.25, 0.3) is 5.69 Å². The molecule has 2 aliphatic carbocycles. The minimum atomic E-state index is -4.16. The lowest BCUT2D eigenvalue weighted by Crippen LogP contribution is -2.48. The lowest BCUT2D eigenvalue weighted by atomic mass is 9.78. The zero-order chi connectivity index (χ0) is 24.5. The maximum absolute atomic E-state index is 14.2. The summed E-state index contributed by atoms with van der Waals surface area (Å²) in [5, 5.41) is 9.52. The number of aromatic nitrogens is 3. The van der Waals surface area contributed by atoms with E-state index >= 15 is 0 Å². The number of halogens is 5. The minimum absolute atomic E-state index is 0.0449. The summed E-state index contributed by atoms with van der Waals surface area (Å²) in [7, 11) is 0. The topological polar surface area (TPSA) is 54.3 Å². The van der Waals surface area contributed by atoms with Gasteiger partial charge in [0.15, 0.2) is 11.5 Å². The number of rotatable bonds is 3. The van der Waals surface area contributed by atoms with E-state index in [1.165, 1.54) is 0 Å². The van der Waals surface area contributed by atoms with Crippen molar-refractivity contribution in [3.8, 4) is 5.69 Å². The van der Waals surface area contributed by atoms with Gasteiger partial charge in [0.25, 0.3) is 5.91 Å². The Labute approximate surface area is 205 Å². The van der Waals surface area contributed by atoms with E-state index in [2.05, 4.69) is 10.2 Å². The van der Waals surface area contributed by atoms with Gasteiger partial charge in [-0.1, -0.05) is 11.6 Å². The van der Waals surface area contributed by atoms with Crippen LogP contribution >= 0.6 is 11.6 Å². The van der Waals surface area contributed by atoms with Crippen molar-refractivity contribution in [2.75, 3.05) is 13.1 Å². The third kappa shape index (κ3) is 4.12. The molecule has 1 aromatic carbocycles. The third-order valence-electron chi connectivity index (χ3n) is 8.07. The smallest absolute Gasteiger partial charge is 0.340 e. The lowest BCUT2D eigenvalue weighted by molar-refractivity contribution is -0.207. The van der Waals surface area contributed by atoms with Crippen molar-refractivity contribution in [3.05, 3.63) is 40.4 Å². The molecule has 0 bridgehead atoms. The second kappa shape index (κ2) is 8.16. The van der Waals surface area contributed by atoms with Crippen molar-refractivity contribution < 1.29 is 22.4 Å². The van der Waals surface area contributed by atoms with Crippen LogP contribution in [-0.4, -0.2) is 61.4 Å². The highest BCUT2D eigenvalue weighted by Gasteiger charge is 2.53. The van der Waals surface area contributed by atoms with Gasteiger partial charge in [-0.05, 0) is 62.3 Å². The molecule has 0 unspecified atom stereocenters. The number of hydrogen-bond donors (Lipinski definition) is 0. The molecule has 3 fully saturated rings. The lowest BCUT2D eigenvalue weighted by Gasteiger charge is -2.43. The van der Waals surface area contributed by atoms with Crippen molar-refractivity contribution in [2.45, 2.75) is 75.4 Å². The number of carbonyl (C=O) groups is 1. The van der Waals surface area contributed by atoms with Gasteiger partial charge in [0.05, 0.1) is 18.2 Å². The van der Waals surface area contributed by atoms with Crippen molar-refractivity contribution in [2.24, 2.45) is 5.92 Å². The average molecular weight is 512 g/mol. The summed E-state index contributed by atoms with van der Waals surface area (Å²) in [6.07, 6.45) is -2.06. The van der Waals surface area contributed by atoms with Crippen LogP contribution in [0.5, 0.6) is 0 Å². The molecule has 1 aromatic heterocycles. The highest BCUT2D eigenvalue weighted by atomic mass is 35.5. The maximum Gasteiger partial charge on any atom is 0.391 e. The molecule has 2 aliphatic heterocycles. The number of alkyl halides is 4. The Morgan fingerprint density at radius 2 is 1.80 bits per heavy atom. The first kappa shape index (κ1) is 23.2. The quantitative estimate of drug-likeness (QED) is 0.556. The van der Waals surface area contributed by atoms with Gasteiger partial charge >= 0.3 is 6.18 Å². The van der Waals surface area contributed by atoms with Crippen LogP contribution in [0.15, 0.2) is 18.2 Å². The van der Waals surface area contributed by atoms with Gasteiger partial charge in [0.2, 0.25) is 0 Å². The number of amides is 1. The summed E-state index contributed by atoms with van der Waals surface area (Å²) in [6, 6.07) is 5.39. The standard InChI is InChI=1S/C24H26ClF4N5O/c25-17-1-2-19-15(9-17)12-33(18-10-16(11-18)24(27,28)29)13-20-30-31-21(34(19)20)14-3-7-32(8-4-14)22(35)23(26)5-6-23/h1-2,9,14,16,18H,3-8,10-13H2. The van der Waals surface area contributed by atoms with E-state index in [4.69, 9.17) is 11.6 Å². The van der Waals surface area contributed by atoms with Gasteiger partial charge in [-0.3, -0.25) is 14.3 Å². The predicted molar refractivity (Wildman–Crippen MR) is 120 cm³/mol. The summed E-state index contributed by atoms with van der Waals surface area (Å²) in [6.45, 7) is 1.82. The van der Waals surface area contributed by atoms with Crippen LogP contribution in [0, 0.1) is 5.92 Å². The van der Waals surface area contributed by atoms with Crippen molar-refractivity contribution in [3.63, 3.8) is 0 Å². The number of likely N-dealkylation sites (tertiary alicyclic amines) is 1. The van der Waals surface area contributed by atoms with Crippen molar-refractivity contribution in [1.82, 2.24) is 24.6 Å². The number of nitrogens with zero attached hydrogens (tertiary/aromatic N) is 5. The summed E-state index contributed by atoms with van der Waals surface area (Å²) >= 11 is 6.29. The summed E-state index contributed by atoms with van der Waals surface area (Å²) in [5.41, 5.74) is 0.152. The number of benzene rings is 1. The molecule has 2 saturated carbocycles.